The Balaban J connectivity index is 3.66. The Morgan fingerprint density at radius 3 is 2.31 bits per heavy atom. The molecule has 0 aromatic rings. The molecule has 0 aromatic heterocycles. The fraction of sp³-hybridized carbons (Fsp3) is 0.923. The Kier molecular flexibility index (Phi) is 11.2. The topological polar surface area (TPSA) is 37.3 Å². The number of carboxylic acid groups (broad SMARTS) is 1. The van der Waals surface area contributed by atoms with Crippen molar-refractivity contribution >= 4 is 17.7 Å². The van der Waals surface area contributed by atoms with E-state index in [1.54, 1.807) is 11.8 Å². The number of rotatable bonds is 11. The summed E-state index contributed by atoms with van der Waals surface area (Å²) in [6.45, 7) is 4.44. The monoisotopic (exact) mass is 246 g/mol. The highest BCUT2D eigenvalue weighted by atomic mass is 32.2. The second-order valence-electron chi connectivity index (χ2n) is 4.41. The van der Waals surface area contributed by atoms with Crippen LogP contribution in [0.2, 0.25) is 0 Å². The molecule has 1 atom stereocenters. The molecule has 0 fully saturated rings. The fourth-order valence-corrected chi connectivity index (χ4v) is 2.76. The zero-order valence-corrected chi connectivity index (χ0v) is 11.5. The smallest absolute Gasteiger partial charge is 0.313 e. The standard InChI is InChI=1S/C13H26O2S/c1-3-5-7-9-12(8-6-4-2)10-16-11-13(14)15/h12H,3-11H2,1-2H3,(H,14,15). The van der Waals surface area contributed by atoms with Gasteiger partial charge in [0.05, 0.1) is 5.75 Å². The summed E-state index contributed by atoms with van der Waals surface area (Å²) in [6, 6.07) is 0. The van der Waals surface area contributed by atoms with Gasteiger partial charge in [0.1, 0.15) is 0 Å². The lowest BCUT2D eigenvalue weighted by Gasteiger charge is -2.15. The molecule has 0 radical (unpaired) electrons. The Labute approximate surface area is 104 Å². The molecule has 0 aliphatic heterocycles. The largest absolute Gasteiger partial charge is 0.481 e. The Morgan fingerprint density at radius 2 is 1.75 bits per heavy atom. The number of thioether (sulfide) groups is 1. The molecule has 96 valence electrons. The lowest BCUT2D eigenvalue weighted by molar-refractivity contribution is -0.133. The molecule has 0 aliphatic rings. The van der Waals surface area contributed by atoms with Crippen molar-refractivity contribution in [1.29, 1.82) is 0 Å². The number of hydrogen-bond donors (Lipinski definition) is 1. The van der Waals surface area contributed by atoms with E-state index in [9.17, 15) is 4.79 Å². The van der Waals surface area contributed by atoms with Crippen molar-refractivity contribution in [2.75, 3.05) is 11.5 Å². The minimum Gasteiger partial charge on any atom is -0.481 e. The SMILES string of the molecule is CCCCCC(CCCC)CSCC(=O)O. The molecule has 0 bridgehead atoms. The zero-order chi connectivity index (χ0) is 12.2. The first-order valence-electron chi connectivity index (χ1n) is 6.50. The molecule has 1 unspecified atom stereocenters. The molecule has 0 saturated heterocycles. The van der Waals surface area contributed by atoms with Crippen molar-refractivity contribution in [3.63, 3.8) is 0 Å². The van der Waals surface area contributed by atoms with Crippen LogP contribution in [0.25, 0.3) is 0 Å². The molecule has 0 aliphatic carbocycles. The van der Waals surface area contributed by atoms with Crippen LogP contribution in [0.15, 0.2) is 0 Å². The average Bonchev–Trinajstić information content (AvgIpc) is 2.25. The number of hydrogen-bond acceptors (Lipinski definition) is 2. The quantitative estimate of drug-likeness (QED) is 0.555. The van der Waals surface area contributed by atoms with E-state index in [2.05, 4.69) is 13.8 Å². The van der Waals surface area contributed by atoms with Crippen LogP contribution in [0.1, 0.15) is 58.8 Å². The third-order valence-corrected chi connectivity index (χ3v) is 3.92. The third kappa shape index (κ3) is 10.3. The van der Waals surface area contributed by atoms with Crippen LogP contribution < -0.4 is 0 Å². The van der Waals surface area contributed by atoms with Gasteiger partial charge >= 0.3 is 5.97 Å². The van der Waals surface area contributed by atoms with E-state index >= 15 is 0 Å². The molecule has 1 N–H and O–H groups in total. The normalized spacial score (nSPS) is 12.6. The van der Waals surface area contributed by atoms with Gasteiger partial charge in [-0.1, -0.05) is 46.0 Å². The predicted octanol–water partition coefficient (Wildman–Crippen LogP) is 4.19. The van der Waals surface area contributed by atoms with Gasteiger partial charge in [-0.05, 0) is 24.5 Å². The van der Waals surface area contributed by atoms with E-state index in [1.165, 1.54) is 44.9 Å². The van der Waals surface area contributed by atoms with Crippen LogP contribution in [0, 0.1) is 5.92 Å². The Morgan fingerprint density at radius 1 is 1.12 bits per heavy atom. The fourth-order valence-electron chi connectivity index (χ4n) is 1.80. The minimum absolute atomic E-state index is 0.260. The van der Waals surface area contributed by atoms with Crippen molar-refractivity contribution < 1.29 is 9.90 Å². The van der Waals surface area contributed by atoms with Gasteiger partial charge < -0.3 is 5.11 Å². The molecular weight excluding hydrogens is 220 g/mol. The molecule has 3 heteroatoms. The molecule has 16 heavy (non-hydrogen) atoms. The summed E-state index contributed by atoms with van der Waals surface area (Å²) in [5.41, 5.74) is 0. The van der Waals surface area contributed by atoms with E-state index < -0.39 is 5.97 Å². The third-order valence-electron chi connectivity index (χ3n) is 2.76. The van der Waals surface area contributed by atoms with Crippen LogP contribution in [0.3, 0.4) is 0 Å². The number of carbonyl (C=O) groups is 1. The molecule has 0 rings (SSSR count). The predicted molar refractivity (Wildman–Crippen MR) is 72.1 cm³/mol. The highest BCUT2D eigenvalue weighted by Crippen LogP contribution is 2.21. The maximum atomic E-state index is 10.4. The van der Waals surface area contributed by atoms with Gasteiger partial charge in [0.2, 0.25) is 0 Å². The van der Waals surface area contributed by atoms with E-state index in [0.29, 0.717) is 0 Å². The molecule has 2 nitrogen and oxygen atoms in total. The van der Waals surface area contributed by atoms with Crippen molar-refractivity contribution in [3.05, 3.63) is 0 Å². The van der Waals surface area contributed by atoms with E-state index in [0.717, 1.165) is 11.7 Å². The maximum absolute atomic E-state index is 10.4. The minimum atomic E-state index is -0.687. The van der Waals surface area contributed by atoms with Gasteiger partial charge in [0, 0.05) is 0 Å². The highest BCUT2D eigenvalue weighted by Gasteiger charge is 2.09. The highest BCUT2D eigenvalue weighted by molar-refractivity contribution is 7.99. The summed E-state index contributed by atoms with van der Waals surface area (Å²) in [6.07, 6.45) is 8.96. The molecule has 0 aromatic carbocycles. The van der Waals surface area contributed by atoms with Gasteiger partial charge in [-0.2, -0.15) is 0 Å². The van der Waals surface area contributed by atoms with Gasteiger partial charge in [-0.3, -0.25) is 4.79 Å². The molecule has 0 saturated carbocycles. The van der Waals surface area contributed by atoms with Gasteiger partial charge in [-0.25, -0.2) is 0 Å². The van der Waals surface area contributed by atoms with Crippen molar-refractivity contribution in [1.82, 2.24) is 0 Å². The summed E-state index contributed by atoms with van der Waals surface area (Å²) in [5, 5.41) is 8.60. The average molecular weight is 246 g/mol. The second kappa shape index (κ2) is 11.3. The van der Waals surface area contributed by atoms with Crippen LogP contribution in [0.5, 0.6) is 0 Å². The first-order valence-corrected chi connectivity index (χ1v) is 7.65. The van der Waals surface area contributed by atoms with Crippen LogP contribution in [-0.4, -0.2) is 22.6 Å². The lowest BCUT2D eigenvalue weighted by atomic mass is 9.97. The number of carboxylic acids is 1. The summed E-state index contributed by atoms with van der Waals surface area (Å²) in [4.78, 5) is 10.4. The van der Waals surface area contributed by atoms with Crippen LogP contribution >= 0.6 is 11.8 Å². The Bertz CT molecular complexity index is 171. The van der Waals surface area contributed by atoms with Gasteiger partial charge in [0.15, 0.2) is 0 Å². The molecular formula is C13H26O2S. The van der Waals surface area contributed by atoms with Crippen molar-refractivity contribution in [2.45, 2.75) is 58.8 Å². The van der Waals surface area contributed by atoms with E-state index in [1.807, 2.05) is 0 Å². The lowest BCUT2D eigenvalue weighted by Crippen LogP contribution is -2.07. The van der Waals surface area contributed by atoms with Crippen LogP contribution in [0.4, 0.5) is 0 Å². The van der Waals surface area contributed by atoms with Crippen LogP contribution in [-0.2, 0) is 4.79 Å². The van der Waals surface area contributed by atoms with Crippen molar-refractivity contribution in [2.24, 2.45) is 5.92 Å². The maximum Gasteiger partial charge on any atom is 0.313 e. The summed E-state index contributed by atoms with van der Waals surface area (Å²) < 4.78 is 0. The summed E-state index contributed by atoms with van der Waals surface area (Å²) in [7, 11) is 0. The molecule has 0 amide bonds. The summed E-state index contributed by atoms with van der Waals surface area (Å²) >= 11 is 1.58. The number of aliphatic carboxylic acids is 1. The molecule has 0 heterocycles. The Hall–Kier alpha value is -0.180. The molecule has 0 spiro atoms. The number of unbranched alkanes of at least 4 members (excludes halogenated alkanes) is 3. The first-order chi connectivity index (χ1) is 7.70. The van der Waals surface area contributed by atoms with E-state index in [4.69, 9.17) is 5.11 Å². The second-order valence-corrected chi connectivity index (χ2v) is 5.44. The summed E-state index contributed by atoms with van der Waals surface area (Å²) in [5.74, 6) is 1.33. The van der Waals surface area contributed by atoms with Crippen molar-refractivity contribution in [3.8, 4) is 0 Å². The van der Waals surface area contributed by atoms with E-state index in [-0.39, 0.29) is 5.75 Å². The van der Waals surface area contributed by atoms with Gasteiger partial charge in [0.25, 0.3) is 0 Å². The zero-order valence-electron chi connectivity index (χ0n) is 10.7. The van der Waals surface area contributed by atoms with Gasteiger partial charge in [-0.15, -0.1) is 11.8 Å². The first kappa shape index (κ1) is 15.8.